The first kappa shape index (κ1) is 16.5. The smallest absolute Gasteiger partial charge is 0.255 e. The maximum Gasteiger partial charge on any atom is 0.255 e. The summed E-state index contributed by atoms with van der Waals surface area (Å²) in [5.41, 5.74) is 2.44. The van der Waals surface area contributed by atoms with Crippen molar-refractivity contribution in [2.24, 2.45) is 0 Å². The predicted octanol–water partition coefficient (Wildman–Crippen LogP) is 2.78. The van der Waals surface area contributed by atoms with Crippen LogP contribution in [-0.4, -0.2) is 44.2 Å². The number of ether oxygens (including phenoxy) is 2. The Bertz CT molecular complexity index is 697. The molecule has 5 nitrogen and oxygen atoms in total. The molecule has 1 aliphatic heterocycles. The van der Waals surface area contributed by atoms with E-state index in [4.69, 9.17) is 9.47 Å². The largest absolute Gasteiger partial charge is 0.495 e. The average Bonchev–Trinajstić information content (AvgIpc) is 2.63. The highest BCUT2D eigenvalue weighted by atomic mass is 16.5. The SMILES string of the molecule is COc1ccccc1NC(=O)c1cccc(CN2CCOCC2)c1. The summed E-state index contributed by atoms with van der Waals surface area (Å²) >= 11 is 0. The van der Waals surface area contributed by atoms with Crippen LogP contribution in [0.2, 0.25) is 0 Å². The average molecular weight is 326 g/mol. The molecule has 0 aromatic heterocycles. The van der Waals surface area contributed by atoms with E-state index in [9.17, 15) is 4.79 Å². The molecule has 0 saturated carbocycles. The van der Waals surface area contributed by atoms with Gasteiger partial charge >= 0.3 is 0 Å². The lowest BCUT2D eigenvalue weighted by atomic mass is 10.1. The van der Waals surface area contributed by atoms with Crippen molar-refractivity contribution in [3.63, 3.8) is 0 Å². The van der Waals surface area contributed by atoms with Gasteiger partial charge in [0.2, 0.25) is 0 Å². The molecule has 3 rings (SSSR count). The second kappa shape index (κ2) is 7.95. The maximum absolute atomic E-state index is 12.5. The van der Waals surface area contributed by atoms with Crippen molar-refractivity contribution >= 4 is 11.6 Å². The molecule has 2 aromatic rings. The number of nitrogens with zero attached hydrogens (tertiary/aromatic N) is 1. The number of morpholine rings is 1. The molecule has 1 heterocycles. The van der Waals surface area contributed by atoms with Gasteiger partial charge in [-0.25, -0.2) is 0 Å². The number of anilines is 1. The molecule has 126 valence electrons. The number of hydrogen-bond acceptors (Lipinski definition) is 4. The van der Waals surface area contributed by atoms with Gasteiger partial charge in [0.15, 0.2) is 0 Å². The van der Waals surface area contributed by atoms with Crippen molar-refractivity contribution in [3.8, 4) is 5.75 Å². The van der Waals surface area contributed by atoms with Crippen LogP contribution in [0.5, 0.6) is 5.75 Å². The fourth-order valence-corrected chi connectivity index (χ4v) is 2.77. The third-order valence-corrected chi connectivity index (χ3v) is 4.05. The van der Waals surface area contributed by atoms with E-state index in [0.717, 1.165) is 38.4 Å². The van der Waals surface area contributed by atoms with E-state index < -0.39 is 0 Å². The fraction of sp³-hybridized carbons (Fsp3) is 0.316. The minimum absolute atomic E-state index is 0.136. The Morgan fingerprint density at radius 1 is 1.17 bits per heavy atom. The zero-order valence-corrected chi connectivity index (χ0v) is 13.8. The number of para-hydroxylation sites is 2. The molecule has 0 atom stereocenters. The number of amides is 1. The summed E-state index contributed by atoms with van der Waals surface area (Å²) in [4.78, 5) is 14.9. The summed E-state index contributed by atoms with van der Waals surface area (Å²) in [7, 11) is 1.59. The zero-order valence-electron chi connectivity index (χ0n) is 13.8. The number of benzene rings is 2. The lowest BCUT2D eigenvalue weighted by molar-refractivity contribution is 0.0342. The number of carbonyl (C=O) groups excluding carboxylic acids is 1. The van der Waals surface area contributed by atoms with Crippen LogP contribution in [0, 0.1) is 0 Å². The standard InChI is InChI=1S/C19H22N2O3/c1-23-18-8-3-2-7-17(18)20-19(22)16-6-4-5-15(13-16)14-21-9-11-24-12-10-21/h2-8,13H,9-12,14H2,1H3,(H,20,22). The first-order chi connectivity index (χ1) is 11.8. The van der Waals surface area contributed by atoms with E-state index in [2.05, 4.69) is 16.3 Å². The molecular weight excluding hydrogens is 304 g/mol. The lowest BCUT2D eigenvalue weighted by Crippen LogP contribution is -2.35. The molecule has 0 radical (unpaired) electrons. The summed E-state index contributed by atoms with van der Waals surface area (Å²) in [6, 6.07) is 15.1. The van der Waals surface area contributed by atoms with Gasteiger partial charge in [-0.15, -0.1) is 0 Å². The molecule has 5 heteroatoms. The van der Waals surface area contributed by atoms with Gasteiger partial charge in [-0.2, -0.15) is 0 Å². The van der Waals surface area contributed by atoms with E-state index in [1.165, 1.54) is 0 Å². The third-order valence-electron chi connectivity index (χ3n) is 4.05. The van der Waals surface area contributed by atoms with Gasteiger partial charge in [0.05, 0.1) is 26.0 Å². The number of rotatable bonds is 5. The Hall–Kier alpha value is -2.37. The molecule has 1 aliphatic rings. The van der Waals surface area contributed by atoms with Crippen LogP contribution in [0.3, 0.4) is 0 Å². The molecular formula is C19H22N2O3. The second-order valence-electron chi connectivity index (χ2n) is 5.74. The van der Waals surface area contributed by atoms with Crippen molar-refractivity contribution < 1.29 is 14.3 Å². The molecule has 0 bridgehead atoms. The van der Waals surface area contributed by atoms with Crippen LogP contribution < -0.4 is 10.1 Å². The monoisotopic (exact) mass is 326 g/mol. The van der Waals surface area contributed by atoms with Crippen LogP contribution in [0.4, 0.5) is 5.69 Å². The number of carbonyl (C=O) groups is 1. The summed E-state index contributed by atoms with van der Waals surface area (Å²) in [5, 5.41) is 2.91. The summed E-state index contributed by atoms with van der Waals surface area (Å²) in [5.74, 6) is 0.513. The van der Waals surface area contributed by atoms with Crippen LogP contribution in [0.25, 0.3) is 0 Å². The minimum Gasteiger partial charge on any atom is -0.495 e. The minimum atomic E-state index is -0.136. The molecule has 0 aliphatic carbocycles. The molecule has 1 N–H and O–H groups in total. The van der Waals surface area contributed by atoms with Crippen LogP contribution in [0.1, 0.15) is 15.9 Å². The molecule has 24 heavy (non-hydrogen) atoms. The Balaban J connectivity index is 1.69. The quantitative estimate of drug-likeness (QED) is 0.918. The normalized spacial score (nSPS) is 15.0. The summed E-state index contributed by atoms with van der Waals surface area (Å²) in [6.07, 6.45) is 0. The van der Waals surface area contributed by atoms with Gasteiger partial charge in [0, 0.05) is 25.2 Å². The van der Waals surface area contributed by atoms with Gasteiger partial charge in [-0.1, -0.05) is 24.3 Å². The van der Waals surface area contributed by atoms with Gasteiger partial charge in [0.1, 0.15) is 5.75 Å². The zero-order chi connectivity index (χ0) is 16.8. The van der Waals surface area contributed by atoms with Gasteiger partial charge < -0.3 is 14.8 Å². The van der Waals surface area contributed by atoms with Crippen molar-refractivity contribution in [1.82, 2.24) is 4.90 Å². The first-order valence-electron chi connectivity index (χ1n) is 8.09. The van der Waals surface area contributed by atoms with E-state index >= 15 is 0 Å². The lowest BCUT2D eigenvalue weighted by Gasteiger charge is -2.26. The highest BCUT2D eigenvalue weighted by Crippen LogP contribution is 2.23. The van der Waals surface area contributed by atoms with Gasteiger partial charge in [-0.05, 0) is 29.8 Å². The first-order valence-corrected chi connectivity index (χ1v) is 8.09. The Labute approximate surface area is 142 Å². The Morgan fingerprint density at radius 2 is 1.96 bits per heavy atom. The molecule has 0 spiro atoms. The number of nitrogens with one attached hydrogen (secondary N) is 1. The number of hydrogen-bond donors (Lipinski definition) is 1. The highest BCUT2D eigenvalue weighted by Gasteiger charge is 2.13. The Morgan fingerprint density at radius 3 is 2.75 bits per heavy atom. The summed E-state index contributed by atoms with van der Waals surface area (Å²) < 4.78 is 10.6. The van der Waals surface area contributed by atoms with Gasteiger partial charge in [-0.3, -0.25) is 9.69 Å². The van der Waals surface area contributed by atoms with E-state index in [-0.39, 0.29) is 5.91 Å². The van der Waals surface area contributed by atoms with Crippen LogP contribution >= 0.6 is 0 Å². The topological polar surface area (TPSA) is 50.8 Å². The fourth-order valence-electron chi connectivity index (χ4n) is 2.77. The summed E-state index contributed by atoms with van der Waals surface area (Å²) in [6.45, 7) is 4.23. The highest BCUT2D eigenvalue weighted by molar-refractivity contribution is 6.05. The maximum atomic E-state index is 12.5. The second-order valence-corrected chi connectivity index (χ2v) is 5.74. The van der Waals surface area contributed by atoms with Crippen molar-refractivity contribution in [1.29, 1.82) is 0 Å². The van der Waals surface area contributed by atoms with Crippen molar-refractivity contribution in [2.75, 3.05) is 38.7 Å². The van der Waals surface area contributed by atoms with E-state index in [1.807, 2.05) is 42.5 Å². The molecule has 1 saturated heterocycles. The van der Waals surface area contributed by atoms with E-state index in [0.29, 0.717) is 17.0 Å². The number of methoxy groups -OCH3 is 1. The molecule has 1 amide bonds. The van der Waals surface area contributed by atoms with E-state index in [1.54, 1.807) is 7.11 Å². The Kier molecular flexibility index (Phi) is 5.46. The van der Waals surface area contributed by atoms with Gasteiger partial charge in [0.25, 0.3) is 5.91 Å². The van der Waals surface area contributed by atoms with Crippen molar-refractivity contribution in [3.05, 3.63) is 59.7 Å². The third kappa shape index (κ3) is 4.13. The van der Waals surface area contributed by atoms with Crippen LogP contribution in [0.15, 0.2) is 48.5 Å². The van der Waals surface area contributed by atoms with Crippen molar-refractivity contribution in [2.45, 2.75) is 6.54 Å². The van der Waals surface area contributed by atoms with Crippen LogP contribution in [-0.2, 0) is 11.3 Å². The molecule has 0 unspecified atom stereocenters. The predicted molar refractivity (Wildman–Crippen MR) is 93.5 cm³/mol. The molecule has 2 aromatic carbocycles. The molecule has 1 fully saturated rings.